The van der Waals surface area contributed by atoms with Crippen molar-refractivity contribution < 1.29 is 5.11 Å². The zero-order valence-electron chi connectivity index (χ0n) is 8.46. The van der Waals surface area contributed by atoms with Gasteiger partial charge in [0.1, 0.15) is 0 Å². The number of aliphatic hydroxyl groups excluding tert-OH is 1. The smallest absolute Gasteiger partial charge is 0.0630 e. The lowest BCUT2D eigenvalue weighted by Crippen LogP contribution is -2.20. The second-order valence-corrected chi connectivity index (χ2v) is 3.49. The highest BCUT2D eigenvalue weighted by molar-refractivity contribution is 5.57. The van der Waals surface area contributed by atoms with Gasteiger partial charge in [-0.25, -0.2) is 0 Å². The van der Waals surface area contributed by atoms with Gasteiger partial charge in [-0.1, -0.05) is 18.2 Å². The number of hydrogen-bond donors (Lipinski definition) is 2. The molecule has 1 unspecified atom stereocenters. The first-order valence-electron chi connectivity index (χ1n) is 4.58. The van der Waals surface area contributed by atoms with Crippen LogP contribution in [0.5, 0.6) is 0 Å². The molecule has 13 heavy (non-hydrogen) atoms. The van der Waals surface area contributed by atoms with Gasteiger partial charge in [0.15, 0.2) is 0 Å². The van der Waals surface area contributed by atoms with Crippen LogP contribution >= 0.6 is 0 Å². The molecule has 2 nitrogen and oxygen atoms in total. The van der Waals surface area contributed by atoms with Gasteiger partial charge < -0.3 is 10.4 Å². The Labute approximate surface area is 79.6 Å². The molecule has 0 aliphatic rings. The number of aliphatic hydroxyl groups is 1. The first kappa shape index (κ1) is 10.1. The number of para-hydroxylation sites is 1. The van der Waals surface area contributed by atoms with Crippen LogP contribution < -0.4 is 5.32 Å². The third kappa shape index (κ3) is 2.46. The molecular formula is C11H17NO. The number of anilines is 1. The van der Waals surface area contributed by atoms with Gasteiger partial charge in [-0.2, -0.15) is 0 Å². The minimum absolute atomic E-state index is 0.111. The molecule has 1 aromatic carbocycles. The molecule has 0 radical (unpaired) electrons. The van der Waals surface area contributed by atoms with Crippen molar-refractivity contribution in [3.8, 4) is 0 Å². The van der Waals surface area contributed by atoms with Crippen molar-refractivity contribution in [1.82, 2.24) is 0 Å². The van der Waals surface area contributed by atoms with Crippen LogP contribution in [-0.2, 0) is 0 Å². The third-order valence-electron chi connectivity index (χ3n) is 2.15. The average molecular weight is 179 g/mol. The van der Waals surface area contributed by atoms with Crippen molar-refractivity contribution >= 4 is 5.69 Å². The van der Waals surface area contributed by atoms with Gasteiger partial charge in [0, 0.05) is 11.7 Å². The molecule has 0 aliphatic heterocycles. The standard InChI is InChI=1S/C11H17NO/c1-8-5-4-6-9(2)11(8)12-10(3)7-13/h4-6,10,12-13H,7H2,1-3H3. The molecule has 0 aromatic heterocycles. The van der Waals surface area contributed by atoms with E-state index in [9.17, 15) is 0 Å². The Bertz CT molecular complexity index is 263. The Kier molecular flexibility index (Phi) is 3.32. The van der Waals surface area contributed by atoms with Crippen LogP contribution in [0, 0.1) is 13.8 Å². The van der Waals surface area contributed by atoms with E-state index in [1.807, 2.05) is 13.0 Å². The van der Waals surface area contributed by atoms with Gasteiger partial charge >= 0.3 is 0 Å². The number of nitrogens with one attached hydrogen (secondary N) is 1. The van der Waals surface area contributed by atoms with Crippen molar-refractivity contribution in [2.45, 2.75) is 26.8 Å². The first-order valence-corrected chi connectivity index (χ1v) is 4.58. The predicted octanol–water partition coefficient (Wildman–Crippen LogP) is 2.10. The molecule has 72 valence electrons. The second-order valence-electron chi connectivity index (χ2n) is 3.49. The SMILES string of the molecule is Cc1cccc(C)c1NC(C)CO. The maximum Gasteiger partial charge on any atom is 0.0630 e. The highest BCUT2D eigenvalue weighted by Gasteiger charge is 2.04. The lowest BCUT2D eigenvalue weighted by molar-refractivity contribution is 0.281. The quantitative estimate of drug-likeness (QED) is 0.744. The van der Waals surface area contributed by atoms with Crippen LogP contribution in [0.15, 0.2) is 18.2 Å². The Morgan fingerprint density at radius 3 is 2.31 bits per heavy atom. The van der Waals surface area contributed by atoms with Crippen molar-refractivity contribution in [1.29, 1.82) is 0 Å². The lowest BCUT2D eigenvalue weighted by Gasteiger charge is -2.16. The minimum Gasteiger partial charge on any atom is -0.394 e. The number of aryl methyl sites for hydroxylation is 2. The van der Waals surface area contributed by atoms with Crippen LogP contribution in [0.25, 0.3) is 0 Å². The highest BCUT2D eigenvalue weighted by atomic mass is 16.3. The van der Waals surface area contributed by atoms with Crippen LogP contribution in [0.4, 0.5) is 5.69 Å². The lowest BCUT2D eigenvalue weighted by atomic mass is 10.1. The molecule has 0 saturated carbocycles. The van der Waals surface area contributed by atoms with Crippen molar-refractivity contribution in [3.05, 3.63) is 29.3 Å². The van der Waals surface area contributed by atoms with Gasteiger partial charge in [-0.15, -0.1) is 0 Å². The summed E-state index contributed by atoms with van der Waals surface area (Å²) in [5.74, 6) is 0. The summed E-state index contributed by atoms with van der Waals surface area (Å²) in [4.78, 5) is 0. The summed E-state index contributed by atoms with van der Waals surface area (Å²) in [6.45, 7) is 6.26. The fraction of sp³-hybridized carbons (Fsp3) is 0.455. The van der Waals surface area contributed by atoms with Crippen LogP contribution in [0.2, 0.25) is 0 Å². The topological polar surface area (TPSA) is 32.3 Å². The van der Waals surface area contributed by atoms with E-state index in [-0.39, 0.29) is 12.6 Å². The zero-order valence-corrected chi connectivity index (χ0v) is 8.46. The summed E-state index contributed by atoms with van der Waals surface area (Å²) in [7, 11) is 0. The minimum atomic E-state index is 0.111. The molecule has 2 N–H and O–H groups in total. The Hall–Kier alpha value is -1.02. The molecule has 0 aliphatic carbocycles. The third-order valence-corrected chi connectivity index (χ3v) is 2.15. The van der Waals surface area contributed by atoms with Crippen molar-refractivity contribution in [3.63, 3.8) is 0 Å². The molecule has 1 rings (SSSR count). The maximum atomic E-state index is 8.92. The second kappa shape index (κ2) is 4.28. The molecule has 0 fully saturated rings. The van der Waals surface area contributed by atoms with Gasteiger partial charge in [-0.05, 0) is 31.9 Å². The molecular weight excluding hydrogens is 162 g/mol. The van der Waals surface area contributed by atoms with Gasteiger partial charge in [0.2, 0.25) is 0 Å². The van der Waals surface area contributed by atoms with Crippen molar-refractivity contribution in [2.75, 3.05) is 11.9 Å². The van der Waals surface area contributed by atoms with E-state index < -0.39 is 0 Å². The largest absolute Gasteiger partial charge is 0.394 e. The van der Waals surface area contributed by atoms with E-state index in [0.717, 1.165) is 5.69 Å². The average Bonchev–Trinajstić information content (AvgIpc) is 2.11. The summed E-state index contributed by atoms with van der Waals surface area (Å²) in [6.07, 6.45) is 0. The van der Waals surface area contributed by atoms with E-state index in [2.05, 4.69) is 31.3 Å². The Morgan fingerprint density at radius 1 is 1.31 bits per heavy atom. The van der Waals surface area contributed by atoms with Crippen LogP contribution in [0.1, 0.15) is 18.1 Å². The molecule has 0 spiro atoms. The van der Waals surface area contributed by atoms with E-state index in [1.54, 1.807) is 0 Å². The maximum absolute atomic E-state index is 8.92. The Morgan fingerprint density at radius 2 is 1.85 bits per heavy atom. The molecule has 0 heterocycles. The Balaban J connectivity index is 2.87. The van der Waals surface area contributed by atoms with Gasteiger partial charge in [-0.3, -0.25) is 0 Å². The van der Waals surface area contributed by atoms with E-state index in [1.165, 1.54) is 11.1 Å². The van der Waals surface area contributed by atoms with Crippen LogP contribution in [0.3, 0.4) is 0 Å². The molecule has 0 amide bonds. The summed E-state index contributed by atoms with van der Waals surface area (Å²) < 4.78 is 0. The van der Waals surface area contributed by atoms with E-state index >= 15 is 0 Å². The zero-order chi connectivity index (χ0) is 9.84. The number of benzene rings is 1. The summed E-state index contributed by atoms with van der Waals surface area (Å²) in [5.41, 5.74) is 3.59. The summed E-state index contributed by atoms with van der Waals surface area (Å²) >= 11 is 0. The number of rotatable bonds is 3. The molecule has 0 saturated heterocycles. The first-order chi connectivity index (χ1) is 6.15. The predicted molar refractivity (Wildman–Crippen MR) is 56.1 cm³/mol. The van der Waals surface area contributed by atoms with E-state index in [0.29, 0.717) is 0 Å². The molecule has 2 heteroatoms. The fourth-order valence-corrected chi connectivity index (χ4v) is 1.33. The van der Waals surface area contributed by atoms with Crippen molar-refractivity contribution in [2.24, 2.45) is 0 Å². The highest BCUT2D eigenvalue weighted by Crippen LogP contribution is 2.19. The monoisotopic (exact) mass is 179 g/mol. The molecule has 1 atom stereocenters. The van der Waals surface area contributed by atoms with Crippen LogP contribution in [-0.4, -0.2) is 17.8 Å². The van der Waals surface area contributed by atoms with Gasteiger partial charge in [0.25, 0.3) is 0 Å². The molecule has 0 bridgehead atoms. The van der Waals surface area contributed by atoms with Gasteiger partial charge in [0.05, 0.1) is 6.61 Å². The summed E-state index contributed by atoms with van der Waals surface area (Å²) in [6, 6.07) is 6.29. The fourth-order valence-electron chi connectivity index (χ4n) is 1.33. The summed E-state index contributed by atoms with van der Waals surface area (Å²) in [5, 5.41) is 12.2. The number of hydrogen-bond acceptors (Lipinski definition) is 2. The molecule has 1 aromatic rings. The van der Waals surface area contributed by atoms with E-state index in [4.69, 9.17) is 5.11 Å². The normalized spacial score (nSPS) is 12.6.